The molecule has 12 atom stereocenters. The first-order valence-corrected chi connectivity index (χ1v) is 15.4. The van der Waals surface area contributed by atoms with Crippen LogP contribution in [0.4, 0.5) is 0 Å². The van der Waals surface area contributed by atoms with E-state index < -0.39 is 16.5 Å². The van der Waals surface area contributed by atoms with Crippen LogP contribution in [-0.4, -0.2) is 64.9 Å². The molecule has 0 spiro atoms. The first-order valence-electron chi connectivity index (χ1n) is 14.1. The molecule has 4 rings (SSSR count). The number of rotatable bonds is 9. The summed E-state index contributed by atoms with van der Waals surface area (Å²) >= 11 is 0. The van der Waals surface area contributed by atoms with Gasteiger partial charge in [-0.15, -0.1) is 0 Å². The van der Waals surface area contributed by atoms with Crippen LogP contribution in [0.25, 0.3) is 0 Å². The maximum Gasteiger partial charge on any atom is 0.397 e. The van der Waals surface area contributed by atoms with Crippen molar-refractivity contribution in [3.8, 4) is 0 Å². The SMILES string of the molecule is C[C@H](CCCC(CO)COS(=O)(=O)O)[C@H]1CC[C@H]2[C@@H]3[C@H](O)CC4C[C@H](O)CC[C@]4(C)[C@H]3C[C@H](O)[C@]12C. The summed E-state index contributed by atoms with van der Waals surface area (Å²) in [5.41, 5.74) is -0.179. The van der Waals surface area contributed by atoms with Crippen LogP contribution in [0.1, 0.15) is 85.0 Å². The summed E-state index contributed by atoms with van der Waals surface area (Å²) in [5.74, 6) is 1.42. The zero-order valence-corrected chi connectivity index (χ0v) is 22.9. The van der Waals surface area contributed by atoms with Crippen LogP contribution in [0.15, 0.2) is 0 Å². The van der Waals surface area contributed by atoms with Crippen molar-refractivity contribution in [3.05, 3.63) is 0 Å². The molecule has 4 fully saturated rings. The molecule has 0 aliphatic heterocycles. The zero-order chi connectivity index (χ0) is 26.5. The topological polar surface area (TPSA) is 145 Å². The fraction of sp³-hybridized carbons (Fsp3) is 1.00. The normalized spacial score (nSPS) is 46.4. The van der Waals surface area contributed by atoms with E-state index in [9.17, 15) is 28.8 Å². The molecule has 4 aliphatic carbocycles. The molecule has 0 aromatic heterocycles. The van der Waals surface area contributed by atoms with Crippen molar-refractivity contribution in [3.63, 3.8) is 0 Å². The molecule has 2 unspecified atom stereocenters. The van der Waals surface area contributed by atoms with Crippen LogP contribution < -0.4 is 0 Å². The van der Waals surface area contributed by atoms with Gasteiger partial charge in [0.25, 0.3) is 0 Å². The Kier molecular flexibility index (Phi) is 8.53. The van der Waals surface area contributed by atoms with Crippen LogP contribution in [0.5, 0.6) is 0 Å². The van der Waals surface area contributed by atoms with Crippen molar-refractivity contribution >= 4 is 10.4 Å². The largest absolute Gasteiger partial charge is 0.397 e. The molecule has 8 nitrogen and oxygen atoms in total. The highest BCUT2D eigenvalue weighted by Crippen LogP contribution is 2.68. The Morgan fingerprint density at radius 1 is 1.00 bits per heavy atom. The van der Waals surface area contributed by atoms with Crippen LogP contribution in [-0.2, 0) is 14.6 Å². The Morgan fingerprint density at radius 2 is 1.72 bits per heavy atom. The van der Waals surface area contributed by atoms with Crippen molar-refractivity contribution < 1.29 is 37.6 Å². The van der Waals surface area contributed by atoms with Gasteiger partial charge >= 0.3 is 10.4 Å². The lowest BCUT2D eigenvalue weighted by Gasteiger charge is -2.63. The molecule has 0 bridgehead atoms. The first kappa shape index (κ1) is 28.7. The summed E-state index contributed by atoms with van der Waals surface area (Å²) in [5, 5.41) is 42.9. The van der Waals surface area contributed by atoms with Gasteiger partial charge in [-0.2, -0.15) is 8.42 Å². The Hall–Kier alpha value is -0.290. The lowest BCUT2D eigenvalue weighted by Crippen LogP contribution is -2.62. The maximum atomic E-state index is 11.7. The van der Waals surface area contributed by atoms with Gasteiger partial charge in [-0.25, -0.2) is 4.18 Å². The Morgan fingerprint density at radius 3 is 2.39 bits per heavy atom. The second-order valence-corrected chi connectivity index (χ2v) is 14.3. The van der Waals surface area contributed by atoms with E-state index in [0.29, 0.717) is 24.2 Å². The highest BCUT2D eigenvalue weighted by molar-refractivity contribution is 7.80. The molecule has 0 radical (unpaired) electrons. The molecule has 4 aliphatic rings. The summed E-state index contributed by atoms with van der Waals surface area (Å²) in [7, 11) is -4.51. The van der Waals surface area contributed by atoms with Gasteiger partial charge in [0.05, 0.1) is 24.9 Å². The summed E-state index contributed by atoms with van der Waals surface area (Å²) in [6, 6.07) is 0. The third-order valence-corrected chi connectivity index (χ3v) is 11.9. The smallest absolute Gasteiger partial charge is 0.396 e. The lowest BCUT2D eigenvalue weighted by molar-refractivity contribution is -0.207. The zero-order valence-electron chi connectivity index (χ0n) is 22.1. The van der Waals surface area contributed by atoms with Gasteiger partial charge < -0.3 is 20.4 Å². The van der Waals surface area contributed by atoms with Crippen LogP contribution in [0, 0.1) is 52.3 Å². The van der Waals surface area contributed by atoms with E-state index in [4.69, 9.17) is 4.55 Å². The molecule has 0 heterocycles. The first-order chi connectivity index (χ1) is 16.8. The Bertz CT molecular complexity index is 866. The monoisotopic (exact) mass is 532 g/mol. The van der Waals surface area contributed by atoms with Gasteiger partial charge in [-0.1, -0.05) is 33.6 Å². The minimum absolute atomic E-state index is 0.0680. The van der Waals surface area contributed by atoms with E-state index in [1.54, 1.807) is 0 Å². The number of fused-ring (bicyclic) bond motifs is 5. The van der Waals surface area contributed by atoms with E-state index in [-0.39, 0.29) is 59.9 Å². The second-order valence-electron chi connectivity index (χ2n) is 13.2. The predicted molar refractivity (Wildman–Crippen MR) is 135 cm³/mol. The van der Waals surface area contributed by atoms with E-state index in [0.717, 1.165) is 57.8 Å². The predicted octanol–water partition coefficient (Wildman–Crippen LogP) is 3.18. The molecular formula is C27H48O8S. The second kappa shape index (κ2) is 10.7. The molecule has 210 valence electrons. The van der Waals surface area contributed by atoms with Gasteiger partial charge in [0, 0.05) is 12.5 Å². The molecule has 36 heavy (non-hydrogen) atoms. The van der Waals surface area contributed by atoms with E-state index in [2.05, 4.69) is 25.0 Å². The Labute approximate surface area is 216 Å². The minimum Gasteiger partial charge on any atom is -0.396 e. The Balaban J connectivity index is 1.42. The standard InChI is InChI=1S/C27H48O8S/c1-16(5-4-6-17(14-28)15-35-36(32,33)34)20-7-8-21-25-22(13-24(31)27(20,21)3)26(2)10-9-19(29)11-18(26)12-23(25)30/h16-25,28-31H,4-15H2,1-3H3,(H,32,33,34)/t16-,17?,18?,19-,20-,21+,22+,23-,24+,25+,26+,27-/m1/s1. The van der Waals surface area contributed by atoms with Gasteiger partial charge in [-0.3, -0.25) is 4.55 Å². The van der Waals surface area contributed by atoms with Gasteiger partial charge in [0.2, 0.25) is 0 Å². The number of aliphatic hydroxyl groups is 4. The molecule has 0 amide bonds. The fourth-order valence-electron chi connectivity index (χ4n) is 9.47. The van der Waals surface area contributed by atoms with Crippen molar-refractivity contribution in [1.82, 2.24) is 0 Å². The summed E-state index contributed by atoms with van der Waals surface area (Å²) in [6.45, 7) is 6.39. The average Bonchev–Trinajstić information content (AvgIpc) is 3.16. The van der Waals surface area contributed by atoms with Gasteiger partial charge in [0.15, 0.2) is 0 Å². The van der Waals surface area contributed by atoms with E-state index in [1.165, 1.54) is 0 Å². The lowest BCUT2D eigenvalue weighted by atomic mass is 9.43. The third kappa shape index (κ3) is 5.27. The number of aliphatic hydroxyl groups excluding tert-OH is 4. The summed E-state index contributed by atoms with van der Waals surface area (Å²) in [4.78, 5) is 0. The fourth-order valence-corrected chi connectivity index (χ4v) is 9.84. The molecule has 0 saturated heterocycles. The van der Waals surface area contributed by atoms with Crippen molar-refractivity contribution in [2.75, 3.05) is 13.2 Å². The van der Waals surface area contributed by atoms with E-state index in [1.807, 2.05) is 0 Å². The molecule has 9 heteroatoms. The highest BCUT2D eigenvalue weighted by atomic mass is 32.3. The molecule has 0 aromatic carbocycles. The quantitative estimate of drug-likeness (QED) is 0.285. The van der Waals surface area contributed by atoms with E-state index >= 15 is 0 Å². The summed E-state index contributed by atoms with van der Waals surface area (Å²) in [6.07, 6.45) is 7.30. The maximum absolute atomic E-state index is 11.7. The van der Waals surface area contributed by atoms with Crippen molar-refractivity contribution in [2.24, 2.45) is 52.3 Å². The van der Waals surface area contributed by atoms with Crippen LogP contribution in [0.2, 0.25) is 0 Å². The molecule has 4 saturated carbocycles. The van der Waals surface area contributed by atoms with Crippen molar-refractivity contribution in [1.29, 1.82) is 0 Å². The molecule has 5 N–H and O–H groups in total. The molecule has 0 aromatic rings. The van der Waals surface area contributed by atoms with Gasteiger partial charge in [0.1, 0.15) is 0 Å². The number of hydrogen-bond donors (Lipinski definition) is 5. The third-order valence-electron chi connectivity index (χ3n) is 11.5. The average molecular weight is 533 g/mol. The van der Waals surface area contributed by atoms with Crippen LogP contribution >= 0.6 is 0 Å². The number of hydrogen-bond acceptors (Lipinski definition) is 7. The minimum atomic E-state index is -4.51. The molecular weight excluding hydrogens is 484 g/mol. The van der Waals surface area contributed by atoms with Crippen LogP contribution in [0.3, 0.4) is 0 Å². The van der Waals surface area contributed by atoms with Gasteiger partial charge in [-0.05, 0) is 97.7 Å². The van der Waals surface area contributed by atoms with Crippen molar-refractivity contribution in [2.45, 2.75) is 103 Å². The highest BCUT2D eigenvalue weighted by Gasteiger charge is 2.65. The summed E-state index contributed by atoms with van der Waals surface area (Å²) < 4.78 is 34.9.